The van der Waals surface area contributed by atoms with Gasteiger partial charge in [-0.2, -0.15) is 0 Å². The third-order valence-corrected chi connectivity index (χ3v) is 4.62. The van der Waals surface area contributed by atoms with Gasteiger partial charge >= 0.3 is 0 Å². The highest BCUT2D eigenvalue weighted by Crippen LogP contribution is 2.22. The fourth-order valence-electron chi connectivity index (χ4n) is 2.81. The van der Waals surface area contributed by atoms with Gasteiger partial charge in [0, 0.05) is 17.3 Å². The van der Waals surface area contributed by atoms with E-state index in [1.807, 2.05) is 52.0 Å². The fraction of sp³-hybridized carbons (Fsp3) is 0.269. The summed E-state index contributed by atoms with van der Waals surface area (Å²) in [6, 6.07) is 11.3. The molecular weight excluding hydrogens is 400 g/mol. The molecule has 0 fully saturated rings. The predicted octanol–water partition coefficient (Wildman–Crippen LogP) is 8.30. The van der Waals surface area contributed by atoms with Crippen molar-refractivity contribution in [3.05, 3.63) is 101 Å². The van der Waals surface area contributed by atoms with Gasteiger partial charge in [-0.05, 0) is 87.1 Å². The molecule has 0 heterocycles. The fourth-order valence-corrected chi connectivity index (χ4v) is 3.03. The smallest absolute Gasteiger partial charge is 0.123 e. The van der Waals surface area contributed by atoms with Crippen molar-refractivity contribution < 1.29 is 8.78 Å². The summed E-state index contributed by atoms with van der Waals surface area (Å²) in [6.07, 6.45) is 7.49. The zero-order valence-corrected chi connectivity index (χ0v) is 18.9. The van der Waals surface area contributed by atoms with Crippen molar-refractivity contribution >= 4 is 22.9 Å². The molecule has 0 radical (unpaired) electrons. The Bertz CT molecular complexity index is 905. The number of benzene rings is 2. The lowest BCUT2D eigenvalue weighted by Gasteiger charge is -2.07. The normalized spacial score (nSPS) is 11.4. The Morgan fingerprint density at radius 1 is 1.00 bits per heavy atom. The first kappa shape index (κ1) is 25.5. The lowest BCUT2D eigenvalue weighted by molar-refractivity contribution is 0.626. The Kier molecular flexibility index (Phi) is 11.6. The second-order valence-electron chi connectivity index (χ2n) is 6.85. The molecule has 0 aliphatic heterocycles. The molecule has 0 aliphatic rings. The lowest BCUT2D eigenvalue weighted by atomic mass is 10.0. The number of hydrogen-bond donors (Lipinski definition) is 0. The van der Waals surface area contributed by atoms with Crippen LogP contribution in [-0.4, -0.2) is 5.71 Å². The van der Waals surface area contributed by atoms with E-state index in [9.17, 15) is 8.78 Å². The molecule has 0 spiro atoms. The van der Waals surface area contributed by atoms with Crippen LogP contribution in [-0.2, 0) is 12.3 Å². The molecule has 0 saturated heterocycles. The van der Waals surface area contributed by atoms with Crippen molar-refractivity contribution in [1.29, 1.82) is 0 Å². The number of aryl methyl sites for hydroxylation is 1. The first-order valence-corrected chi connectivity index (χ1v) is 10.4. The number of allylic oxidation sites excluding steroid dienone is 5. The minimum atomic E-state index is -0.260. The van der Waals surface area contributed by atoms with Crippen LogP contribution < -0.4 is 0 Å². The monoisotopic (exact) mass is 429 g/mol. The Morgan fingerprint density at radius 3 is 2.13 bits per heavy atom. The zero-order valence-electron chi connectivity index (χ0n) is 18.2. The van der Waals surface area contributed by atoms with Gasteiger partial charge in [-0.15, -0.1) is 11.6 Å². The first-order valence-electron chi connectivity index (χ1n) is 9.89. The van der Waals surface area contributed by atoms with E-state index >= 15 is 0 Å². The molecule has 2 aromatic carbocycles. The standard InChI is InChI=1S/C14H18FN.C12H12ClF/c1-4-14(16-11(2)3)10-7-12-5-8-13(15)9-6-12;1-3-9(4-2)12-6-5-11(14)7-10(12)8-13/h4-6,8-9H,7,10H2,1-3H3;3-7H,1,8H2,2H3/b14-4-;9-4+. The van der Waals surface area contributed by atoms with E-state index in [2.05, 4.69) is 11.6 Å². The molecule has 0 aliphatic carbocycles. The number of halogens is 3. The number of aliphatic imine (C=N–C) groups is 1. The molecule has 0 amide bonds. The zero-order chi connectivity index (χ0) is 22.5. The first-order chi connectivity index (χ1) is 14.3. The van der Waals surface area contributed by atoms with Gasteiger partial charge < -0.3 is 0 Å². The van der Waals surface area contributed by atoms with Crippen LogP contribution in [0.2, 0.25) is 0 Å². The summed E-state index contributed by atoms with van der Waals surface area (Å²) >= 11 is 5.73. The van der Waals surface area contributed by atoms with E-state index < -0.39 is 0 Å². The minimum Gasteiger partial charge on any atom is -0.263 e. The summed E-state index contributed by atoms with van der Waals surface area (Å²) in [5.74, 6) is -0.139. The lowest BCUT2D eigenvalue weighted by Crippen LogP contribution is -1.90. The quantitative estimate of drug-likeness (QED) is 0.238. The van der Waals surface area contributed by atoms with Gasteiger partial charge in [0.05, 0.1) is 0 Å². The number of nitrogens with zero attached hydrogens (tertiary/aromatic N) is 1. The third kappa shape index (κ3) is 8.87. The van der Waals surface area contributed by atoms with E-state index in [0.717, 1.165) is 46.5 Å². The van der Waals surface area contributed by atoms with Crippen molar-refractivity contribution in [2.75, 3.05) is 0 Å². The average molecular weight is 430 g/mol. The maximum atomic E-state index is 12.9. The average Bonchev–Trinajstić information content (AvgIpc) is 2.74. The molecule has 4 heteroatoms. The van der Waals surface area contributed by atoms with Gasteiger partial charge in [-0.3, -0.25) is 4.99 Å². The van der Waals surface area contributed by atoms with Crippen LogP contribution in [0, 0.1) is 11.6 Å². The van der Waals surface area contributed by atoms with E-state index in [4.69, 9.17) is 11.6 Å². The second kappa shape index (κ2) is 13.7. The largest absolute Gasteiger partial charge is 0.263 e. The van der Waals surface area contributed by atoms with E-state index in [0.29, 0.717) is 5.88 Å². The Hall–Kier alpha value is -2.52. The Balaban J connectivity index is 0.000000303. The van der Waals surface area contributed by atoms with Crippen LogP contribution in [0.25, 0.3) is 5.57 Å². The van der Waals surface area contributed by atoms with Crippen molar-refractivity contribution in [3.8, 4) is 0 Å². The van der Waals surface area contributed by atoms with Crippen LogP contribution >= 0.6 is 11.6 Å². The van der Waals surface area contributed by atoms with E-state index in [1.54, 1.807) is 12.1 Å². The Morgan fingerprint density at radius 2 is 1.63 bits per heavy atom. The highest BCUT2D eigenvalue weighted by molar-refractivity contribution is 6.17. The van der Waals surface area contributed by atoms with Crippen molar-refractivity contribution in [1.82, 2.24) is 0 Å². The molecule has 0 unspecified atom stereocenters. The maximum absolute atomic E-state index is 12.9. The molecule has 1 nitrogen and oxygen atoms in total. The van der Waals surface area contributed by atoms with Crippen molar-refractivity contribution in [2.24, 2.45) is 4.99 Å². The number of alkyl halides is 1. The molecule has 0 saturated carbocycles. The third-order valence-electron chi connectivity index (χ3n) is 4.34. The molecule has 2 rings (SSSR count). The molecule has 0 atom stereocenters. The molecule has 0 aromatic heterocycles. The molecule has 0 N–H and O–H groups in total. The van der Waals surface area contributed by atoms with Gasteiger partial charge in [-0.1, -0.05) is 43.0 Å². The van der Waals surface area contributed by atoms with Crippen LogP contribution in [0.3, 0.4) is 0 Å². The Labute approximate surface area is 184 Å². The summed E-state index contributed by atoms with van der Waals surface area (Å²) in [5, 5.41) is 0. The summed E-state index contributed by atoms with van der Waals surface area (Å²) < 4.78 is 25.6. The highest BCUT2D eigenvalue weighted by atomic mass is 35.5. The molecule has 30 heavy (non-hydrogen) atoms. The van der Waals surface area contributed by atoms with Gasteiger partial charge in [0.15, 0.2) is 0 Å². The second-order valence-corrected chi connectivity index (χ2v) is 7.12. The molecule has 2 aromatic rings. The van der Waals surface area contributed by atoms with Crippen LogP contribution in [0.15, 0.2) is 78.0 Å². The predicted molar refractivity (Wildman–Crippen MR) is 127 cm³/mol. The minimum absolute atomic E-state index is 0.183. The maximum Gasteiger partial charge on any atom is 0.123 e. The van der Waals surface area contributed by atoms with Gasteiger partial charge in [0.2, 0.25) is 0 Å². The van der Waals surface area contributed by atoms with Gasteiger partial charge in [-0.25, -0.2) is 8.78 Å². The van der Waals surface area contributed by atoms with Crippen LogP contribution in [0.4, 0.5) is 8.78 Å². The highest BCUT2D eigenvalue weighted by Gasteiger charge is 2.05. The molecule has 0 bridgehead atoms. The summed E-state index contributed by atoms with van der Waals surface area (Å²) in [4.78, 5) is 4.43. The van der Waals surface area contributed by atoms with Gasteiger partial charge in [0.25, 0.3) is 0 Å². The van der Waals surface area contributed by atoms with Crippen molar-refractivity contribution in [3.63, 3.8) is 0 Å². The topological polar surface area (TPSA) is 12.4 Å². The number of hydrogen-bond acceptors (Lipinski definition) is 1. The van der Waals surface area contributed by atoms with E-state index in [-0.39, 0.29) is 11.6 Å². The SMILES string of the molecule is C/C=C(/CCc1ccc(F)cc1)N=C(C)C.C=C/C(=C\C)c1ccc(F)cc1CCl. The van der Waals surface area contributed by atoms with E-state index in [1.165, 1.54) is 24.3 Å². The summed E-state index contributed by atoms with van der Waals surface area (Å²) in [7, 11) is 0. The van der Waals surface area contributed by atoms with Crippen molar-refractivity contribution in [2.45, 2.75) is 46.4 Å². The molecular formula is C26H30ClF2N. The molecule has 160 valence electrons. The summed E-state index contributed by atoms with van der Waals surface area (Å²) in [5.41, 5.74) is 6.00. The summed E-state index contributed by atoms with van der Waals surface area (Å²) in [6.45, 7) is 11.6. The van der Waals surface area contributed by atoms with Gasteiger partial charge in [0.1, 0.15) is 11.6 Å². The number of rotatable bonds is 7. The van der Waals surface area contributed by atoms with Crippen LogP contribution in [0.5, 0.6) is 0 Å². The van der Waals surface area contributed by atoms with Crippen LogP contribution in [0.1, 0.15) is 50.8 Å².